The van der Waals surface area contributed by atoms with Crippen molar-refractivity contribution in [1.82, 2.24) is 0 Å². The molecule has 0 aromatic carbocycles. The van der Waals surface area contributed by atoms with Gasteiger partial charge in [-0.25, -0.2) is 0 Å². The topological polar surface area (TPSA) is 138 Å². The van der Waals surface area contributed by atoms with Gasteiger partial charge in [-0.2, -0.15) is 0 Å². The predicted molar refractivity (Wildman–Crippen MR) is 17.3 cm³/mol. The van der Waals surface area contributed by atoms with Crippen molar-refractivity contribution in [3.8, 4) is 0 Å². The maximum absolute atomic E-state index is 8.42. The summed E-state index contributed by atoms with van der Waals surface area (Å²) in [6, 6.07) is 0. The summed E-state index contributed by atoms with van der Waals surface area (Å²) in [6.07, 6.45) is 0. The van der Waals surface area contributed by atoms with Crippen LogP contribution in [-0.4, -0.2) is 32.0 Å². The van der Waals surface area contributed by atoms with Gasteiger partial charge < -0.3 is 30.1 Å². The van der Waals surface area contributed by atoms with E-state index in [9.17, 15) is 0 Å². The molecule has 11 heavy (non-hydrogen) atoms. The Bertz CT molecular complexity index is 36.1. The van der Waals surface area contributed by atoms with Gasteiger partial charge in [0.2, 0.25) is 0 Å². The van der Waals surface area contributed by atoms with E-state index in [0.29, 0.717) is 0 Å². The fraction of sp³-hybridized carbons (Fsp3) is 0. The van der Waals surface area contributed by atoms with Gasteiger partial charge in [-0.3, -0.25) is 14.6 Å². The molecular weight excluding hydrogens is 247 g/mol. The first kappa shape index (κ1) is 29.2. The molecule has 0 aromatic rings. The van der Waals surface area contributed by atoms with E-state index in [1.807, 2.05) is 0 Å². The normalized spacial score (nSPS) is 4.91. The summed E-state index contributed by atoms with van der Waals surface area (Å²) >= 11 is 0. The molecule has 11 heteroatoms. The van der Waals surface area contributed by atoms with E-state index >= 15 is 0 Å². The average Bonchev–Trinajstić information content (AvgIpc) is 1.25. The standard InChI is InChI=1S/Al.2BO3.Cu.K/c;2*2-1(3)4;;/q+3;2*-3;+2;+1. The third-order valence-corrected chi connectivity index (χ3v) is 0. The summed E-state index contributed by atoms with van der Waals surface area (Å²) in [5, 5.41) is 50.5. The predicted octanol–water partition coefficient (Wildman–Crippen LogP) is -11.3. The molecule has 0 fully saturated rings. The Kier molecular flexibility index (Phi) is 60.8. The first-order chi connectivity index (χ1) is 3.46. The molecule has 0 spiro atoms. The minimum Gasteiger partial charge on any atom is -0.907 e. The van der Waals surface area contributed by atoms with Crippen LogP contribution in [0.25, 0.3) is 0 Å². The molecule has 0 atom stereocenters. The molecule has 0 heterocycles. The molecule has 0 unspecified atom stereocenters. The molecule has 0 aliphatic heterocycles. The smallest absolute Gasteiger partial charge is 0.907 e. The largest absolute Gasteiger partial charge is 3.00 e. The van der Waals surface area contributed by atoms with Gasteiger partial charge in [-0.15, -0.1) is 0 Å². The molecule has 1 radical (unpaired) electrons. The Morgan fingerprint density at radius 2 is 0.636 bits per heavy atom. The number of hydrogen-bond acceptors (Lipinski definition) is 6. The van der Waals surface area contributed by atoms with Gasteiger partial charge in [-0.1, -0.05) is 0 Å². The monoisotopic (exact) mass is 247 g/mol. The molecule has 0 saturated heterocycles. The van der Waals surface area contributed by atoms with Gasteiger partial charge in [-0.05, 0) is 0 Å². The fourth-order valence-corrected chi connectivity index (χ4v) is 0. The summed E-state index contributed by atoms with van der Waals surface area (Å²) in [6.45, 7) is 0. The molecule has 0 amide bonds. The number of hydrogen-bond donors (Lipinski definition) is 0. The Labute approximate surface area is 128 Å². The molecule has 0 bridgehead atoms. The molecule has 57 valence electrons. The molecule has 0 N–H and O–H groups in total. The van der Waals surface area contributed by atoms with E-state index in [2.05, 4.69) is 0 Å². The summed E-state index contributed by atoms with van der Waals surface area (Å²) in [7, 11) is -5.83. The van der Waals surface area contributed by atoms with Crippen LogP contribution in [0.5, 0.6) is 0 Å². The maximum atomic E-state index is 8.42. The van der Waals surface area contributed by atoms with E-state index in [-0.39, 0.29) is 85.8 Å². The molecule has 0 aliphatic carbocycles. The third-order valence-electron chi connectivity index (χ3n) is 0. The molecule has 0 aliphatic rings. The van der Waals surface area contributed by atoms with Crippen molar-refractivity contribution < 1.29 is 98.6 Å². The van der Waals surface area contributed by atoms with E-state index in [4.69, 9.17) is 30.1 Å². The van der Waals surface area contributed by atoms with Crippen molar-refractivity contribution in [2.45, 2.75) is 0 Å². The van der Waals surface area contributed by atoms with Crippen molar-refractivity contribution in [3.05, 3.63) is 0 Å². The molecule has 0 aromatic heterocycles. The Hall–Kier alpha value is 2.58. The van der Waals surface area contributed by atoms with E-state index < -0.39 is 14.6 Å². The first-order valence-corrected chi connectivity index (χ1v) is 1.41. The maximum Gasteiger partial charge on any atom is 3.00 e. The summed E-state index contributed by atoms with van der Waals surface area (Å²) in [4.78, 5) is 0. The van der Waals surface area contributed by atoms with E-state index in [1.165, 1.54) is 0 Å². The molecular formula is AlB2CuKO6. The zero-order chi connectivity index (χ0) is 7.15. The van der Waals surface area contributed by atoms with E-state index in [1.54, 1.807) is 0 Å². The SMILES string of the molecule is [Al+3].[Cu+2].[K+].[O-]B([O-])[O-].[O-]B([O-])[O-]. The average molecular weight is 247 g/mol. The van der Waals surface area contributed by atoms with Gasteiger partial charge in [0, 0.05) is 0 Å². The second-order valence-corrected chi connectivity index (χ2v) is 0.577. The van der Waals surface area contributed by atoms with Gasteiger partial charge in [0.25, 0.3) is 0 Å². The second-order valence-electron chi connectivity index (χ2n) is 0.577. The van der Waals surface area contributed by atoms with Crippen LogP contribution in [-0.2, 0) is 17.1 Å². The van der Waals surface area contributed by atoms with E-state index in [0.717, 1.165) is 0 Å². The van der Waals surface area contributed by atoms with Crippen LogP contribution in [0.3, 0.4) is 0 Å². The van der Waals surface area contributed by atoms with Crippen molar-refractivity contribution in [1.29, 1.82) is 0 Å². The Balaban J connectivity index is -0.0000000171. The third kappa shape index (κ3) is 212. The van der Waals surface area contributed by atoms with Crippen LogP contribution in [0.4, 0.5) is 0 Å². The van der Waals surface area contributed by atoms with Crippen LogP contribution in [0, 0.1) is 0 Å². The van der Waals surface area contributed by atoms with Crippen LogP contribution >= 0.6 is 0 Å². The molecule has 0 rings (SSSR count). The van der Waals surface area contributed by atoms with Crippen molar-refractivity contribution in [2.75, 3.05) is 0 Å². The molecule has 0 saturated carbocycles. The van der Waals surface area contributed by atoms with Crippen molar-refractivity contribution in [3.63, 3.8) is 0 Å². The quantitative estimate of drug-likeness (QED) is 0.389. The van der Waals surface area contributed by atoms with Crippen LogP contribution in [0.2, 0.25) is 0 Å². The van der Waals surface area contributed by atoms with Gasteiger partial charge in [0.05, 0.1) is 0 Å². The van der Waals surface area contributed by atoms with Crippen molar-refractivity contribution in [2.24, 2.45) is 0 Å². The van der Waals surface area contributed by atoms with Crippen LogP contribution in [0.1, 0.15) is 0 Å². The molecule has 6 nitrogen and oxygen atoms in total. The second kappa shape index (κ2) is 22.9. The summed E-state index contributed by atoms with van der Waals surface area (Å²) in [5.41, 5.74) is 0. The zero-order valence-electron chi connectivity index (χ0n) is 5.48. The van der Waals surface area contributed by atoms with Gasteiger partial charge in [0.15, 0.2) is 0 Å². The van der Waals surface area contributed by atoms with Gasteiger partial charge in [0.1, 0.15) is 0 Å². The minimum absolute atomic E-state index is 0. The fourth-order valence-electron chi connectivity index (χ4n) is 0. The number of rotatable bonds is 0. The van der Waals surface area contributed by atoms with Crippen LogP contribution < -0.4 is 81.5 Å². The minimum atomic E-state index is -2.92. The van der Waals surface area contributed by atoms with Crippen LogP contribution in [0.15, 0.2) is 0 Å². The van der Waals surface area contributed by atoms with Gasteiger partial charge >= 0.3 is 85.8 Å². The summed E-state index contributed by atoms with van der Waals surface area (Å²) < 4.78 is 0. The first-order valence-electron chi connectivity index (χ1n) is 1.41. The Morgan fingerprint density at radius 3 is 0.636 bits per heavy atom. The van der Waals surface area contributed by atoms with Crippen molar-refractivity contribution >= 4 is 32.0 Å². The zero-order valence-corrected chi connectivity index (χ0v) is 10.7. The summed E-state index contributed by atoms with van der Waals surface area (Å²) in [5.74, 6) is 0. The Morgan fingerprint density at radius 1 is 0.636 bits per heavy atom.